The smallest absolute Gasteiger partial charge is 0.410 e. The highest BCUT2D eigenvalue weighted by Gasteiger charge is 2.44. The van der Waals surface area contributed by atoms with Crippen molar-refractivity contribution in [2.45, 2.75) is 70.6 Å². The topological polar surface area (TPSA) is 46.6 Å². The SMILES string of the molecule is C=Cc1cccc(C(=O)C2CC3CCCC(C2)N3C(=O)OC(C)(C)C)c1. The molecular weight excluding hydrogens is 326 g/mol. The van der Waals surface area contributed by atoms with Crippen LogP contribution in [0.5, 0.6) is 0 Å². The fourth-order valence-electron chi connectivity index (χ4n) is 4.26. The van der Waals surface area contributed by atoms with Crippen molar-refractivity contribution in [1.29, 1.82) is 0 Å². The maximum atomic E-state index is 13.0. The first-order chi connectivity index (χ1) is 12.3. The van der Waals surface area contributed by atoms with E-state index in [1.807, 2.05) is 49.9 Å². The molecule has 0 saturated carbocycles. The van der Waals surface area contributed by atoms with Gasteiger partial charge < -0.3 is 9.64 Å². The molecule has 3 rings (SSSR count). The van der Waals surface area contributed by atoms with Gasteiger partial charge in [-0.25, -0.2) is 4.79 Å². The third kappa shape index (κ3) is 4.00. The first-order valence-corrected chi connectivity index (χ1v) is 9.56. The molecule has 2 unspecified atom stereocenters. The number of Topliss-reactive ketones (excluding diaryl/α,β-unsaturated/α-hetero) is 1. The minimum Gasteiger partial charge on any atom is -0.444 e. The van der Waals surface area contributed by atoms with Crippen molar-refractivity contribution < 1.29 is 14.3 Å². The average Bonchev–Trinajstić information content (AvgIpc) is 2.58. The third-order valence-corrected chi connectivity index (χ3v) is 5.36. The summed E-state index contributed by atoms with van der Waals surface area (Å²) in [7, 11) is 0. The first-order valence-electron chi connectivity index (χ1n) is 9.56. The fraction of sp³-hybridized carbons (Fsp3) is 0.545. The van der Waals surface area contributed by atoms with Crippen molar-refractivity contribution in [2.75, 3.05) is 0 Å². The number of amides is 1. The van der Waals surface area contributed by atoms with Crippen molar-refractivity contribution in [1.82, 2.24) is 4.90 Å². The van der Waals surface area contributed by atoms with Gasteiger partial charge in [-0.1, -0.05) is 30.9 Å². The van der Waals surface area contributed by atoms with Gasteiger partial charge in [-0.15, -0.1) is 0 Å². The number of nitrogens with zero attached hydrogens (tertiary/aromatic N) is 1. The molecule has 2 atom stereocenters. The molecule has 1 amide bonds. The van der Waals surface area contributed by atoms with Gasteiger partial charge in [0, 0.05) is 23.6 Å². The molecule has 4 nitrogen and oxygen atoms in total. The summed E-state index contributed by atoms with van der Waals surface area (Å²) in [4.78, 5) is 27.6. The van der Waals surface area contributed by atoms with E-state index >= 15 is 0 Å². The number of hydrogen-bond acceptors (Lipinski definition) is 3. The first kappa shape index (κ1) is 18.7. The summed E-state index contributed by atoms with van der Waals surface area (Å²) in [5, 5.41) is 0. The molecule has 2 heterocycles. The Hall–Kier alpha value is -2.10. The van der Waals surface area contributed by atoms with Crippen LogP contribution in [0.2, 0.25) is 0 Å². The standard InChI is InChI=1S/C22H29NO3/c1-5-15-8-6-9-16(12-15)20(24)17-13-18-10-7-11-19(14-17)23(18)21(25)26-22(2,3)4/h5-6,8-9,12,17-19H,1,7,10-11,13-14H2,2-4H3. The Labute approximate surface area is 156 Å². The Bertz CT molecular complexity index is 690. The molecule has 2 aliphatic heterocycles. The molecule has 2 fully saturated rings. The van der Waals surface area contributed by atoms with Crippen LogP contribution in [-0.2, 0) is 4.74 Å². The molecule has 2 saturated heterocycles. The second kappa shape index (κ2) is 7.26. The van der Waals surface area contributed by atoms with Crippen molar-refractivity contribution in [3.8, 4) is 0 Å². The third-order valence-electron chi connectivity index (χ3n) is 5.36. The second-order valence-electron chi connectivity index (χ2n) is 8.49. The minimum absolute atomic E-state index is 0.0240. The fourth-order valence-corrected chi connectivity index (χ4v) is 4.26. The summed E-state index contributed by atoms with van der Waals surface area (Å²) in [5.74, 6) is 0.165. The summed E-state index contributed by atoms with van der Waals surface area (Å²) in [6, 6.07) is 7.85. The molecule has 2 aliphatic rings. The lowest BCUT2D eigenvalue weighted by atomic mass is 9.75. The number of ether oxygens (including phenoxy) is 1. The zero-order valence-electron chi connectivity index (χ0n) is 16.0. The lowest BCUT2D eigenvalue weighted by Crippen LogP contribution is -2.56. The van der Waals surface area contributed by atoms with Gasteiger partial charge >= 0.3 is 6.09 Å². The number of carbonyl (C=O) groups is 2. The predicted molar refractivity (Wildman–Crippen MR) is 103 cm³/mol. The molecule has 4 heteroatoms. The van der Waals surface area contributed by atoms with E-state index in [0.717, 1.165) is 43.2 Å². The average molecular weight is 355 g/mol. The maximum absolute atomic E-state index is 13.0. The molecule has 26 heavy (non-hydrogen) atoms. The van der Waals surface area contributed by atoms with Crippen molar-refractivity contribution in [2.24, 2.45) is 5.92 Å². The Morgan fingerprint density at radius 1 is 1.19 bits per heavy atom. The number of piperidine rings is 2. The van der Waals surface area contributed by atoms with Crippen LogP contribution in [0.3, 0.4) is 0 Å². The van der Waals surface area contributed by atoms with Gasteiger partial charge in [0.2, 0.25) is 0 Å². The minimum atomic E-state index is -0.497. The zero-order valence-corrected chi connectivity index (χ0v) is 16.0. The lowest BCUT2D eigenvalue weighted by molar-refractivity contribution is -0.0260. The normalized spacial score (nSPS) is 25.5. The number of rotatable bonds is 3. The van der Waals surface area contributed by atoms with Crippen LogP contribution in [0.4, 0.5) is 4.79 Å². The molecule has 2 bridgehead atoms. The molecule has 1 aromatic rings. The van der Waals surface area contributed by atoms with Gasteiger partial charge in [-0.2, -0.15) is 0 Å². The molecular formula is C22H29NO3. The van der Waals surface area contributed by atoms with Gasteiger partial charge in [0.1, 0.15) is 5.60 Å². The predicted octanol–water partition coefficient (Wildman–Crippen LogP) is 5.08. The molecule has 0 aliphatic carbocycles. The summed E-state index contributed by atoms with van der Waals surface area (Å²) in [6.45, 7) is 9.46. The molecule has 0 radical (unpaired) electrons. The van der Waals surface area contributed by atoms with E-state index in [-0.39, 0.29) is 29.9 Å². The number of benzene rings is 1. The van der Waals surface area contributed by atoms with E-state index in [4.69, 9.17) is 4.74 Å². The Balaban J connectivity index is 1.75. The number of hydrogen-bond donors (Lipinski definition) is 0. The zero-order chi connectivity index (χ0) is 18.9. The second-order valence-corrected chi connectivity index (χ2v) is 8.49. The quantitative estimate of drug-likeness (QED) is 0.710. The summed E-state index contributed by atoms with van der Waals surface area (Å²) in [6.07, 6.45) is 6.00. The van der Waals surface area contributed by atoms with Gasteiger partial charge in [-0.3, -0.25) is 4.79 Å². The monoisotopic (exact) mass is 355 g/mol. The van der Waals surface area contributed by atoms with E-state index < -0.39 is 5.60 Å². The lowest BCUT2D eigenvalue weighted by Gasteiger charge is -2.48. The van der Waals surface area contributed by atoms with Crippen LogP contribution in [-0.4, -0.2) is 34.5 Å². The van der Waals surface area contributed by atoms with Crippen LogP contribution >= 0.6 is 0 Å². The highest BCUT2D eigenvalue weighted by molar-refractivity contribution is 5.98. The summed E-state index contributed by atoms with van der Waals surface area (Å²) >= 11 is 0. The van der Waals surface area contributed by atoms with Crippen molar-refractivity contribution in [3.63, 3.8) is 0 Å². The van der Waals surface area contributed by atoms with Gasteiger partial charge in [0.25, 0.3) is 0 Å². The van der Waals surface area contributed by atoms with E-state index in [2.05, 4.69) is 6.58 Å². The van der Waals surface area contributed by atoms with Crippen LogP contribution < -0.4 is 0 Å². The van der Waals surface area contributed by atoms with Gasteiger partial charge in [0.05, 0.1) is 0 Å². The molecule has 0 N–H and O–H groups in total. The van der Waals surface area contributed by atoms with Crippen LogP contribution in [0.1, 0.15) is 68.8 Å². The summed E-state index contributed by atoms with van der Waals surface area (Å²) < 4.78 is 5.62. The molecule has 0 aromatic heterocycles. The molecule has 0 spiro atoms. The van der Waals surface area contributed by atoms with Crippen LogP contribution in [0, 0.1) is 5.92 Å². The van der Waals surface area contributed by atoms with E-state index in [1.54, 1.807) is 6.08 Å². The Kier molecular flexibility index (Phi) is 5.22. The summed E-state index contributed by atoms with van der Waals surface area (Å²) in [5.41, 5.74) is 1.21. The maximum Gasteiger partial charge on any atom is 0.410 e. The largest absolute Gasteiger partial charge is 0.444 e. The Morgan fingerprint density at radius 2 is 1.85 bits per heavy atom. The molecule has 140 valence electrons. The van der Waals surface area contributed by atoms with Crippen LogP contribution in [0.15, 0.2) is 30.8 Å². The van der Waals surface area contributed by atoms with Gasteiger partial charge in [0.15, 0.2) is 5.78 Å². The van der Waals surface area contributed by atoms with Crippen molar-refractivity contribution in [3.05, 3.63) is 42.0 Å². The number of ketones is 1. The van der Waals surface area contributed by atoms with Crippen molar-refractivity contribution >= 4 is 18.0 Å². The highest BCUT2D eigenvalue weighted by atomic mass is 16.6. The van der Waals surface area contributed by atoms with Gasteiger partial charge in [-0.05, 0) is 64.5 Å². The van der Waals surface area contributed by atoms with Crippen LogP contribution in [0.25, 0.3) is 6.08 Å². The Morgan fingerprint density at radius 3 is 2.42 bits per heavy atom. The number of carbonyl (C=O) groups excluding carboxylic acids is 2. The number of fused-ring (bicyclic) bond motifs is 2. The van der Waals surface area contributed by atoms with E-state index in [0.29, 0.717) is 0 Å². The van der Waals surface area contributed by atoms with E-state index in [1.165, 1.54) is 0 Å². The van der Waals surface area contributed by atoms with E-state index in [9.17, 15) is 9.59 Å². The highest BCUT2D eigenvalue weighted by Crippen LogP contribution is 2.39. The molecule has 1 aromatic carbocycles.